The first-order valence-corrected chi connectivity index (χ1v) is 10.7. The third kappa shape index (κ3) is 3.12. The first-order valence-electron chi connectivity index (χ1n) is 10.7. The number of ether oxygens (including phenoxy) is 2. The molecule has 1 spiro atoms. The third-order valence-corrected chi connectivity index (χ3v) is 6.99. The maximum absolute atomic E-state index is 13.0. The molecule has 2 fully saturated rings. The molecule has 7 heteroatoms. The van der Waals surface area contributed by atoms with Crippen molar-refractivity contribution in [2.24, 2.45) is 11.3 Å². The zero-order chi connectivity index (χ0) is 21.0. The Morgan fingerprint density at radius 1 is 1.03 bits per heavy atom. The molecule has 31 heavy (non-hydrogen) atoms. The Hall–Kier alpha value is -3.48. The number of aromatic nitrogens is 1. The summed E-state index contributed by atoms with van der Waals surface area (Å²) in [7, 11) is 0. The fourth-order valence-electron chi connectivity index (χ4n) is 5.00. The monoisotopic (exact) mass is 417 g/mol. The van der Waals surface area contributed by atoms with Crippen LogP contribution in [0.3, 0.4) is 0 Å². The van der Waals surface area contributed by atoms with Gasteiger partial charge in [-0.1, -0.05) is 0 Å². The van der Waals surface area contributed by atoms with E-state index < -0.39 is 0 Å². The second kappa shape index (κ2) is 6.77. The number of nitrogens with zero attached hydrogens (tertiary/aromatic N) is 1. The molecule has 3 heterocycles. The topological polar surface area (TPSA) is 83.7 Å². The van der Waals surface area contributed by atoms with Crippen LogP contribution in [0, 0.1) is 11.3 Å². The summed E-state index contributed by atoms with van der Waals surface area (Å²) in [6.07, 6.45) is 4.50. The molecule has 2 amide bonds. The molecule has 0 radical (unpaired) electrons. The van der Waals surface area contributed by atoms with Gasteiger partial charge < -0.3 is 24.7 Å². The van der Waals surface area contributed by atoms with Crippen molar-refractivity contribution in [3.8, 4) is 11.5 Å². The fraction of sp³-hybridized carbons (Fsp3) is 0.333. The molecule has 2 aliphatic heterocycles. The van der Waals surface area contributed by atoms with Gasteiger partial charge in [-0.3, -0.25) is 9.59 Å². The summed E-state index contributed by atoms with van der Waals surface area (Å²) in [5, 5.41) is 4.06. The van der Waals surface area contributed by atoms with Crippen LogP contribution in [-0.4, -0.2) is 41.6 Å². The predicted octanol–water partition coefficient (Wildman–Crippen LogP) is 3.78. The molecule has 1 saturated heterocycles. The normalized spacial score (nSPS) is 20.8. The zero-order valence-corrected chi connectivity index (χ0v) is 17.0. The standard InChI is InChI=1S/C24H23N3O4/c28-22(26-17-2-4-20-21(12-17)31-14-30-20)18-13-24(18)6-9-27(10-7-24)23(29)16-1-3-19-15(11-16)5-8-25-19/h1-5,8,11-12,18,25H,6-7,9-10,13-14H2,(H,26,28). The zero-order valence-electron chi connectivity index (χ0n) is 17.0. The molecule has 1 aliphatic carbocycles. The highest BCUT2D eigenvalue weighted by molar-refractivity contribution is 5.98. The number of hydrogen-bond donors (Lipinski definition) is 2. The van der Waals surface area contributed by atoms with Gasteiger partial charge in [0.05, 0.1) is 0 Å². The van der Waals surface area contributed by atoms with Gasteiger partial charge in [0, 0.05) is 53.4 Å². The number of carbonyl (C=O) groups is 2. The van der Waals surface area contributed by atoms with Gasteiger partial charge in [-0.15, -0.1) is 0 Å². The van der Waals surface area contributed by atoms with Gasteiger partial charge in [0.25, 0.3) is 5.91 Å². The number of carbonyl (C=O) groups excluding carboxylic acids is 2. The average Bonchev–Trinajstić information content (AvgIpc) is 3.13. The maximum Gasteiger partial charge on any atom is 0.253 e. The number of rotatable bonds is 3. The van der Waals surface area contributed by atoms with Crippen LogP contribution in [0.2, 0.25) is 0 Å². The Morgan fingerprint density at radius 2 is 1.87 bits per heavy atom. The maximum atomic E-state index is 13.0. The Kier molecular flexibility index (Phi) is 4.00. The van der Waals surface area contributed by atoms with Crippen LogP contribution in [0.15, 0.2) is 48.7 Å². The highest BCUT2D eigenvalue weighted by atomic mass is 16.7. The van der Waals surface area contributed by atoms with Crippen molar-refractivity contribution < 1.29 is 19.1 Å². The number of aromatic amines is 1. The minimum atomic E-state index is 0.00591. The number of nitrogens with one attached hydrogen (secondary N) is 2. The fourth-order valence-corrected chi connectivity index (χ4v) is 5.00. The van der Waals surface area contributed by atoms with Crippen LogP contribution in [0.1, 0.15) is 29.6 Å². The van der Waals surface area contributed by atoms with E-state index in [1.54, 1.807) is 6.07 Å². The van der Waals surface area contributed by atoms with Gasteiger partial charge in [-0.05, 0) is 61.1 Å². The quantitative estimate of drug-likeness (QED) is 0.679. The van der Waals surface area contributed by atoms with Crippen LogP contribution in [0.4, 0.5) is 5.69 Å². The molecule has 3 aromatic rings. The molecule has 1 saturated carbocycles. The summed E-state index contributed by atoms with van der Waals surface area (Å²) in [4.78, 5) is 30.9. The summed E-state index contributed by atoms with van der Waals surface area (Å²) in [6.45, 7) is 1.60. The van der Waals surface area contributed by atoms with E-state index in [0.717, 1.165) is 41.4 Å². The lowest BCUT2D eigenvalue weighted by Gasteiger charge is -2.33. The van der Waals surface area contributed by atoms with Gasteiger partial charge in [0.1, 0.15) is 0 Å². The van der Waals surface area contributed by atoms with Crippen molar-refractivity contribution in [1.82, 2.24) is 9.88 Å². The third-order valence-electron chi connectivity index (χ3n) is 6.99. The lowest BCUT2D eigenvalue weighted by Crippen LogP contribution is -2.40. The Morgan fingerprint density at radius 3 is 2.74 bits per heavy atom. The minimum Gasteiger partial charge on any atom is -0.454 e. The van der Waals surface area contributed by atoms with Crippen molar-refractivity contribution in [3.63, 3.8) is 0 Å². The molecular formula is C24H23N3O4. The van der Waals surface area contributed by atoms with Crippen molar-refractivity contribution in [2.75, 3.05) is 25.2 Å². The molecule has 6 rings (SSSR count). The summed E-state index contributed by atoms with van der Waals surface area (Å²) in [5.74, 6) is 1.49. The summed E-state index contributed by atoms with van der Waals surface area (Å²) >= 11 is 0. The van der Waals surface area contributed by atoms with E-state index in [2.05, 4.69) is 10.3 Å². The van der Waals surface area contributed by atoms with Crippen LogP contribution < -0.4 is 14.8 Å². The first kappa shape index (κ1) is 18.3. The number of anilines is 1. The molecule has 2 aromatic carbocycles. The van der Waals surface area contributed by atoms with Crippen LogP contribution in [0.25, 0.3) is 10.9 Å². The van der Waals surface area contributed by atoms with E-state index in [-0.39, 0.29) is 29.9 Å². The van der Waals surface area contributed by atoms with Crippen molar-refractivity contribution in [2.45, 2.75) is 19.3 Å². The average molecular weight is 417 g/mol. The lowest BCUT2D eigenvalue weighted by molar-refractivity contribution is -0.118. The number of amides is 2. The van der Waals surface area contributed by atoms with E-state index in [1.165, 1.54) is 0 Å². The summed E-state index contributed by atoms with van der Waals surface area (Å²) in [5.41, 5.74) is 2.50. The highest BCUT2D eigenvalue weighted by Crippen LogP contribution is 2.59. The first-order chi connectivity index (χ1) is 15.1. The number of likely N-dealkylation sites (tertiary alicyclic amines) is 1. The van der Waals surface area contributed by atoms with E-state index in [1.807, 2.05) is 47.5 Å². The summed E-state index contributed by atoms with van der Waals surface area (Å²) in [6, 6.07) is 13.2. The number of hydrogen-bond acceptors (Lipinski definition) is 4. The molecule has 7 nitrogen and oxygen atoms in total. The van der Waals surface area contributed by atoms with E-state index in [9.17, 15) is 9.59 Å². The number of benzene rings is 2. The SMILES string of the molecule is O=C(Nc1ccc2c(c1)OCO2)C1CC12CCN(C(=O)c1ccc3[nH]ccc3c1)CC2. The Bertz CT molecular complexity index is 1190. The van der Waals surface area contributed by atoms with Gasteiger partial charge >= 0.3 is 0 Å². The minimum absolute atomic E-state index is 0.00591. The largest absolute Gasteiger partial charge is 0.454 e. The van der Waals surface area contributed by atoms with Crippen molar-refractivity contribution >= 4 is 28.4 Å². The molecule has 2 N–H and O–H groups in total. The Labute approximate surface area is 179 Å². The van der Waals surface area contributed by atoms with Gasteiger partial charge in [0.2, 0.25) is 12.7 Å². The van der Waals surface area contributed by atoms with E-state index in [0.29, 0.717) is 24.6 Å². The van der Waals surface area contributed by atoms with E-state index in [4.69, 9.17) is 9.47 Å². The molecular weight excluding hydrogens is 394 g/mol. The Balaban J connectivity index is 1.08. The van der Waals surface area contributed by atoms with Crippen LogP contribution >= 0.6 is 0 Å². The van der Waals surface area contributed by atoms with Crippen LogP contribution in [-0.2, 0) is 4.79 Å². The molecule has 1 atom stereocenters. The van der Waals surface area contributed by atoms with Crippen molar-refractivity contribution in [1.29, 1.82) is 0 Å². The molecule has 1 aromatic heterocycles. The van der Waals surface area contributed by atoms with Crippen molar-refractivity contribution in [3.05, 3.63) is 54.2 Å². The van der Waals surface area contributed by atoms with E-state index >= 15 is 0 Å². The molecule has 158 valence electrons. The van der Waals surface area contributed by atoms with Gasteiger partial charge in [0.15, 0.2) is 11.5 Å². The molecule has 0 bridgehead atoms. The summed E-state index contributed by atoms with van der Waals surface area (Å²) < 4.78 is 10.7. The lowest BCUT2D eigenvalue weighted by atomic mass is 9.90. The molecule has 3 aliphatic rings. The molecule has 1 unspecified atom stereocenters. The number of fused-ring (bicyclic) bond motifs is 2. The highest BCUT2D eigenvalue weighted by Gasteiger charge is 2.58. The predicted molar refractivity (Wildman–Crippen MR) is 115 cm³/mol. The number of piperidine rings is 1. The number of H-pyrrole nitrogens is 1. The van der Waals surface area contributed by atoms with Gasteiger partial charge in [-0.2, -0.15) is 0 Å². The second-order valence-electron chi connectivity index (χ2n) is 8.75. The smallest absolute Gasteiger partial charge is 0.253 e. The van der Waals surface area contributed by atoms with Crippen LogP contribution in [0.5, 0.6) is 11.5 Å². The second-order valence-corrected chi connectivity index (χ2v) is 8.75. The van der Waals surface area contributed by atoms with Gasteiger partial charge in [-0.25, -0.2) is 0 Å².